The van der Waals surface area contributed by atoms with Gasteiger partial charge in [-0.2, -0.15) is 4.98 Å². The van der Waals surface area contributed by atoms with Crippen LogP contribution in [0.1, 0.15) is 25.8 Å². The third-order valence-electron chi connectivity index (χ3n) is 3.20. The molecule has 0 atom stereocenters. The Balaban J connectivity index is 1.82. The van der Waals surface area contributed by atoms with E-state index in [-0.39, 0.29) is 23.6 Å². The van der Waals surface area contributed by atoms with Gasteiger partial charge >= 0.3 is 0 Å². The van der Waals surface area contributed by atoms with Crippen LogP contribution in [0.2, 0.25) is 0 Å². The first kappa shape index (κ1) is 16.8. The van der Waals surface area contributed by atoms with Gasteiger partial charge in [0.2, 0.25) is 17.8 Å². The van der Waals surface area contributed by atoms with Crippen molar-refractivity contribution in [3.63, 3.8) is 0 Å². The number of carbonyl (C=O) groups excluding carboxylic acids is 1. The van der Waals surface area contributed by atoms with E-state index in [4.69, 9.17) is 0 Å². The van der Waals surface area contributed by atoms with Gasteiger partial charge in [0.15, 0.2) is 0 Å². The molecule has 23 heavy (non-hydrogen) atoms. The summed E-state index contributed by atoms with van der Waals surface area (Å²) in [5.74, 6) is 0.111. The van der Waals surface area contributed by atoms with E-state index in [0.717, 1.165) is 6.42 Å². The Morgan fingerprint density at radius 1 is 1.22 bits per heavy atom. The lowest BCUT2D eigenvalue weighted by Gasteiger charge is -2.08. The lowest BCUT2D eigenvalue weighted by molar-refractivity contribution is -0.118. The topological polar surface area (TPSA) is 79.8 Å². The maximum absolute atomic E-state index is 13.5. The fraction of sp³-hybridized carbons (Fsp3) is 0.375. The molecule has 0 saturated carbocycles. The number of amides is 1. The SMILES string of the molecule is CC(C)C(=O)Nc1ncnc(NCCCc2ccccc2F)n1. The lowest BCUT2D eigenvalue weighted by atomic mass is 10.1. The highest BCUT2D eigenvalue weighted by atomic mass is 19.1. The summed E-state index contributed by atoms with van der Waals surface area (Å²) in [6.07, 6.45) is 2.70. The normalized spacial score (nSPS) is 10.6. The smallest absolute Gasteiger partial charge is 0.234 e. The molecule has 0 unspecified atom stereocenters. The van der Waals surface area contributed by atoms with E-state index in [9.17, 15) is 9.18 Å². The molecule has 122 valence electrons. The van der Waals surface area contributed by atoms with Crippen molar-refractivity contribution >= 4 is 17.8 Å². The van der Waals surface area contributed by atoms with Crippen molar-refractivity contribution in [2.24, 2.45) is 5.92 Å². The van der Waals surface area contributed by atoms with Crippen molar-refractivity contribution in [1.82, 2.24) is 15.0 Å². The number of aromatic nitrogens is 3. The second-order valence-corrected chi connectivity index (χ2v) is 5.40. The van der Waals surface area contributed by atoms with Crippen molar-refractivity contribution < 1.29 is 9.18 Å². The Morgan fingerprint density at radius 2 is 1.96 bits per heavy atom. The number of aryl methyl sites for hydroxylation is 1. The van der Waals surface area contributed by atoms with Crippen LogP contribution in [-0.4, -0.2) is 27.4 Å². The molecule has 0 aliphatic heterocycles. The standard InChI is InChI=1S/C16H20FN5O/c1-11(2)14(23)21-16-20-10-19-15(22-16)18-9-5-7-12-6-3-4-8-13(12)17/h3-4,6,8,10-11H,5,7,9H2,1-2H3,(H2,18,19,20,21,22,23). The van der Waals surface area contributed by atoms with E-state index in [1.807, 2.05) is 6.07 Å². The van der Waals surface area contributed by atoms with Gasteiger partial charge in [-0.1, -0.05) is 32.0 Å². The van der Waals surface area contributed by atoms with Gasteiger partial charge in [0.1, 0.15) is 12.1 Å². The van der Waals surface area contributed by atoms with E-state index in [1.165, 1.54) is 12.4 Å². The summed E-state index contributed by atoms with van der Waals surface area (Å²) < 4.78 is 13.5. The van der Waals surface area contributed by atoms with Gasteiger partial charge in [0, 0.05) is 12.5 Å². The van der Waals surface area contributed by atoms with Crippen molar-refractivity contribution in [3.8, 4) is 0 Å². The maximum Gasteiger partial charge on any atom is 0.234 e. The van der Waals surface area contributed by atoms with Crippen LogP contribution in [-0.2, 0) is 11.2 Å². The minimum atomic E-state index is -0.189. The summed E-state index contributed by atoms with van der Waals surface area (Å²) in [6, 6.07) is 6.73. The summed E-state index contributed by atoms with van der Waals surface area (Å²) in [7, 11) is 0. The number of rotatable bonds is 7. The zero-order valence-electron chi connectivity index (χ0n) is 13.2. The molecule has 0 saturated heterocycles. The van der Waals surface area contributed by atoms with Crippen molar-refractivity contribution in [1.29, 1.82) is 0 Å². The van der Waals surface area contributed by atoms with Crippen molar-refractivity contribution in [3.05, 3.63) is 42.0 Å². The number of anilines is 2. The molecule has 2 N–H and O–H groups in total. The van der Waals surface area contributed by atoms with Crippen LogP contribution in [0.5, 0.6) is 0 Å². The number of nitrogens with zero attached hydrogens (tertiary/aromatic N) is 3. The molecule has 0 aliphatic rings. The van der Waals surface area contributed by atoms with Crippen LogP contribution in [0.3, 0.4) is 0 Å². The summed E-state index contributed by atoms with van der Waals surface area (Å²) in [6.45, 7) is 4.17. The molecular weight excluding hydrogens is 297 g/mol. The molecule has 2 aromatic rings. The fourth-order valence-electron chi connectivity index (χ4n) is 1.88. The quantitative estimate of drug-likeness (QED) is 0.767. The second-order valence-electron chi connectivity index (χ2n) is 5.40. The van der Waals surface area contributed by atoms with Crippen LogP contribution in [0.25, 0.3) is 0 Å². The zero-order chi connectivity index (χ0) is 16.7. The first-order valence-electron chi connectivity index (χ1n) is 7.53. The Hall–Kier alpha value is -2.57. The van der Waals surface area contributed by atoms with Gasteiger partial charge in [-0.3, -0.25) is 10.1 Å². The molecular formula is C16H20FN5O. The number of hydrogen-bond acceptors (Lipinski definition) is 5. The number of halogens is 1. The summed E-state index contributed by atoms with van der Waals surface area (Å²) in [5, 5.41) is 5.66. The number of hydrogen-bond donors (Lipinski definition) is 2. The summed E-state index contributed by atoms with van der Waals surface area (Å²) >= 11 is 0. The Bertz CT molecular complexity index is 662. The average Bonchev–Trinajstić information content (AvgIpc) is 2.53. The Kier molecular flexibility index (Phi) is 5.96. The lowest BCUT2D eigenvalue weighted by Crippen LogP contribution is -2.20. The van der Waals surface area contributed by atoms with E-state index >= 15 is 0 Å². The third kappa shape index (κ3) is 5.28. The molecule has 1 heterocycles. The molecule has 1 aromatic heterocycles. The van der Waals surface area contributed by atoms with E-state index in [2.05, 4.69) is 25.6 Å². The zero-order valence-corrected chi connectivity index (χ0v) is 13.2. The minimum absolute atomic E-state index is 0.149. The van der Waals surface area contributed by atoms with Crippen LogP contribution in [0.4, 0.5) is 16.3 Å². The van der Waals surface area contributed by atoms with Crippen molar-refractivity contribution in [2.45, 2.75) is 26.7 Å². The van der Waals surface area contributed by atoms with Gasteiger partial charge in [-0.15, -0.1) is 0 Å². The first-order chi connectivity index (χ1) is 11.1. The van der Waals surface area contributed by atoms with Crippen molar-refractivity contribution in [2.75, 3.05) is 17.2 Å². The minimum Gasteiger partial charge on any atom is -0.354 e. The predicted octanol–water partition coefficient (Wildman–Crippen LogP) is 2.65. The highest BCUT2D eigenvalue weighted by Gasteiger charge is 2.09. The highest BCUT2D eigenvalue weighted by Crippen LogP contribution is 2.09. The molecule has 7 heteroatoms. The molecule has 2 rings (SSSR count). The summed E-state index contributed by atoms with van der Waals surface area (Å²) in [4.78, 5) is 23.6. The number of carbonyl (C=O) groups is 1. The summed E-state index contributed by atoms with van der Waals surface area (Å²) in [5.41, 5.74) is 0.690. The van der Waals surface area contributed by atoms with Crippen LogP contribution < -0.4 is 10.6 Å². The second kappa shape index (κ2) is 8.17. The molecule has 1 amide bonds. The third-order valence-corrected chi connectivity index (χ3v) is 3.20. The van der Waals surface area contributed by atoms with E-state index in [0.29, 0.717) is 24.5 Å². The van der Waals surface area contributed by atoms with Gasteiger partial charge < -0.3 is 5.32 Å². The van der Waals surface area contributed by atoms with Crippen LogP contribution in [0.15, 0.2) is 30.6 Å². The fourth-order valence-corrected chi connectivity index (χ4v) is 1.88. The molecule has 0 aliphatic carbocycles. The molecule has 0 radical (unpaired) electrons. The molecule has 0 fully saturated rings. The first-order valence-corrected chi connectivity index (χ1v) is 7.53. The molecule has 0 spiro atoms. The highest BCUT2D eigenvalue weighted by molar-refractivity contribution is 5.90. The monoisotopic (exact) mass is 317 g/mol. The number of benzene rings is 1. The van der Waals surface area contributed by atoms with Gasteiger partial charge in [0.05, 0.1) is 0 Å². The van der Waals surface area contributed by atoms with Gasteiger partial charge in [-0.05, 0) is 24.5 Å². The average molecular weight is 317 g/mol. The van der Waals surface area contributed by atoms with Gasteiger partial charge in [-0.25, -0.2) is 14.4 Å². The largest absolute Gasteiger partial charge is 0.354 e. The van der Waals surface area contributed by atoms with E-state index < -0.39 is 0 Å². The van der Waals surface area contributed by atoms with Crippen LogP contribution >= 0.6 is 0 Å². The predicted molar refractivity (Wildman–Crippen MR) is 86.5 cm³/mol. The van der Waals surface area contributed by atoms with Crippen LogP contribution in [0, 0.1) is 11.7 Å². The molecule has 6 nitrogen and oxygen atoms in total. The Labute approximate surface area is 134 Å². The molecule has 0 bridgehead atoms. The van der Waals surface area contributed by atoms with E-state index in [1.54, 1.807) is 26.0 Å². The van der Waals surface area contributed by atoms with Gasteiger partial charge in [0.25, 0.3) is 0 Å². The maximum atomic E-state index is 13.5. The molecule has 1 aromatic carbocycles. The Morgan fingerprint density at radius 3 is 2.70 bits per heavy atom. The number of nitrogens with one attached hydrogen (secondary N) is 2.